The summed E-state index contributed by atoms with van der Waals surface area (Å²) < 4.78 is 38.7. The van der Waals surface area contributed by atoms with Gasteiger partial charge < -0.3 is 5.32 Å². The van der Waals surface area contributed by atoms with E-state index in [9.17, 15) is 17.6 Å². The van der Waals surface area contributed by atoms with Gasteiger partial charge in [-0.15, -0.1) is 0 Å². The fourth-order valence-electron chi connectivity index (χ4n) is 2.11. The number of aryl methyl sites for hydroxylation is 1. The molecule has 0 unspecified atom stereocenters. The SMILES string of the molecule is Cc1cc(S(=O)(=O)N(C)C)cc(NC(=O)c2ccc(F)cc2)c1C. The van der Waals surface area contributed by atoms with Crippen molar-refractivity contribution in [1.82, 2.24) is 4.31 Å². The first-order valence-corrected chi connectivity index (χ1v) is 8.67. The van der Waals surface area contributed by atoms with Crippen LogP contribution < -0.4 is 5.32 Å². The summed E-state index contributed by atoms with van der Waals surface area (Å²) in [6, 6.07) is 8.12. The largest absolute Gasteiger partial charge is 0.322 e. The standard InChI is InChI=1S/C17H19FN2O3S/c1-11-9-15(24(22,23)20(3)4)10-16(12(11)2)19-17(21)13-5-7-14(18)8-6-13/h5-10H,1-4H3,(H,19,21). The molecule has 0 saturated carbocycles. The van der Waals surface area contributed by atoms with Gasteiger partial charge in [0.1, 0.15) is 5.82 Å². The summed E-state index contributed by atoms with van der Waals surface area (Å²) in [5.41, 5.74) is 2.20. The lowest BCUT2D eigenvalue weighted by atomic mass is 10.1. The summed E-state index contributed by atoms with van der Waals surface area (Å²) in [4.78, 5) is 12.4. The number of nitrogens with one attached hydrogen (secondary N) is 1. The fraction of sp³-hybridized carbons (Fsp3) is 0.235. The summed E-state index contributed by atoms with van der Waals surface area (Å²) in [5.74, 6) is -0.866. The van der Waals surface area contributed by atoms with Crippen LogP contribution in [0.1, 0.15) is 21.5 Å². The van der Waals surface area contributed by atoms with Crippen LogP contribution in [0.3, 0.4) is 0 Å². The molecule has 2 rings (SSSR count). The number of rotatable bonds is 4. The first-order chi connectivity index (χ1) is 11.1. The highest BCUT2D eigenvalue weighted by Crippen LogP contribution is 2.26. The molecule has 0 aliphatic rings. The van der Waals surface area contributed by atoms with E-state index in [4.69, 9.17) is 0 Å². The van der Waals surface area contributed by atoms with Crippen LogP contribution in [0, 0.1) is 19.7 Å². The van der Waals surface area contributed by atoms with E-state index >= 15 is 0 Å². The van der Waals surface area contributed by atoms with Gasteiger partial charge >= 0.3 is 0 Å². The van der Waals surface area contributed by atoms with Gasteiger partial charge in [-0.1, -0.05) is 0 Å². The molecule has 1 N–H and O–H groups in total. The van der Waals surface area contributed by atoms with Gasteiger partial charge in [-0.2, -0.15) is 0 Å². The van der Waals surface area contributed by atoms with Gasteiger partial charge in [0.05, 0.1) is 4.90 Å². The minimum atomic E-state index is -3.61. The molecule has 0 aromatic heterocycles. The molecule has 0 bridgehead atoms. The Hall–Kier alpha value is -2.25. The highest BCUT2D eigenvalue weighted by atomic mass is 32.2. The van der Waals surface area contributed by atoms with E-state index in [1.165, 1.54) is 44.4 Å². The monoisotopic (exact) mass is 350 g/mol. The van der Waals surface area contributed by atoms with Crippen LogP contribution in [-0.4, -0.2) is 32.7 Å². The number of sulfonamides is 1. The van der Waals surface area contributed by atoms with E-state index in [0.717, 1.165) is 15.4 Å². The third-order valence-electron chi connectivity index (χ3n) is 3.77. The Morgan fingerprint density at radius 1 is 1.08 bits per heavy atom. The average Bonchev–Trinajstić information content (AvgIpc) is 2.51. The quantitative estimate of drug-likeness (QED) is 0.922. The minimum Gasteiger partial charge on any atom is -0.322 e. The summed E-state index contributed by atoms with van der Waals surface area (Å²) >= 11 is 0. The minimum absolute atomic E-state index is 0.102. The second kappa shape index (κ2) is 6.70. The lowest BCUT2D eigenvalue weighted by Crippen LogP contribution is -2.23. The molecule has 2 aromatic rings. The van der Waals surface area contributed by atoms with Crippen LogP contribution in [0.5, 0.6) is 0 Å². The molecule has 0 radical (unpaired) electrons. The Labute approximate surface area is 141 Å². The van der Waals surface area contributed by atoms with Gasteiger partial charge in [0.25, 0.3) is 5.91 Å². The Balaban J connectivity index is 2.41. The van der Waals surface area contributed by atoms with Crippen molar-refractivity contribution in [2.45, 2.75) is 18.7 Å². The molecule has 0 aliphatic heterocycles. The maximum atomic E-state index is 13.0. The smallest absolute Gasteiger partial charge is 0.255 e. The highest BCUT2D eigenvalue weighted by Gasteiger charge is 2.20. The summed E-state index contributed by atoms with van der Waals surface area (Å²) in [5, 5.41) is 2.69. The van der Waals surface area contributed by atoms with Crippen molar-refractivity contribution in [1.29, 1.82) is 0 Å². The summed E-state index contributed by atoms with van der Waals surface area (Å²) in [6.07, 6.45) is 0. The molecular weight excluding hydrogens is 331 g/mol. The number of nitrogens with zero attached hydrogens (tertiary/aromatic N) is 1. The van der Waals surface area contributed by atoms with Gasteiger partial charge in [0.15, 0.2) is 0 Å². The third kappa shape index (κ3) is 3.63. The number of benzene rings is 2. The van der Waals surface area contributed by atoms with Crippen LogP contribution in [0.25, 0.3) is 0 Å². The third-order valence-corrected chi connectivity index (χ3v) is 5.57. The number of carbonyl (C=O) groups is 1. The number of halogens is 1. The second-order valence-electron chi connectivity index (χ2n) is 5.66. The van der Waals surface area contributed by atoms with Crippen molar-refractivity contribution in [2.24, 2.45) is 0 Å². The Kier molecular flexibility index (Phi) is 5.05. The Morgan fingerprint density at radius 3 is 2.21 bits per heavy atom. The fourth-order valence-corrected chi connectivity index (χ4v) is 3.13. The lowest BCUT2D eigenvalue weighted by Gasteiger charge is -2.16. The van der Waals surface area contributed by atoms with Crippen molar-refractivity contribution < 1.29 is 17.6 Å². The molecule has 2 aromatic carbocycles. The topological polar surface area (TPSA) is 66.5 Å². The van der Waals surface area contributed by atoms with E-state index in [-0.39, 0.29) is 10.5 Å². The van der Waals surface area contributed by atoms with E-state index in [1.54, 1.807) is 19.9 Å². The van der Waals surface area contributed by atoms with Crippen molar-refractivity contribution in [3.05, 3.63) is 58.9 Å². The van der Waals surface area contributed by atoms with Crippen LogP contribution in [0.4, 0.5) is 10.1 Å². The van der Waals surface area contributed by atoms with Crippen LogP contribution in [-0.2, 0) is 10.0 Å². The predicted molar refractivity (Wildman–Crippen MR) is 91.1 cm³/mol. The molecule has 0 heterocycles. The predicted octanol–water partition coefficient (Wildman–Crippen LogP) is 2.95. The average molecular weight is 350 g/mol. The van der Waals surface area contributed by atoms with Gasteiger partial charge in [-0.25, -0.2) is 17.1 Å². The van der Waals surface area contributed by atoms with Gasteiger partial charge in [-0.05, 0) is 61.4 Å². The number of carbonyl (C=O) groups excluding carboxylic acids is 1. The van der Waals surface area contributed by atoms with Crippen LogP contribution in [0.2, 0.25) is 0 Å². The van der Waals surface area contributed by atoms with Crippen LogP contribution in [0.15, 0.2) is 41.3 Å². The first-order valence-electron chi connectivity index (χ1n) is 7.23. The van der Waals surface area contributed by atoms with Gasteiger partial charge in [-0.3, -0.25) is 4.79 Å². The number of hydrogen-bond donors (Lipinski definition) is 1. The molecule has 24 heavy (non-hydrogen) atoms. The molecule has 0 saturated heterocycles. The normalized spacial score (nSPS) is 11.6. The molecule has 7 heteroatoms. The molecule has 1 amide bonds. The summed E-state index contributed by atoms with van der Waals surface area (Å²) in [7, 11) is -0.721. The Bertz CT molecular complexity index is 875. The van der Waals surface area contributed by atoms with Gasteiger partial charge in [0, 0.05) is 25.3 Å². The molecule has 0 atom stereocenters. The van der Waals surface area contributed by atoms with Crippen molar-refractivity contribution in [3.63, 3.8) is 0 Å². The van der Waals surface area contributed by atoms with Gasteiger partial charge in [0.2, 0.25) is 10.0 Å². The molecular formula is C17H19FN2O3S. The number of amides is 1. The maximum Gasteiger partial charge on any atom is 0.255 e. The lowest BCUT2D eigenvalue weighted by molar-refractivity contribution is 0.102. The van der Waals surface area contributed by atoms with E-state index < -0.39 is 21.7 Å². The highest BCUT2D eigenvalue weighted by molar-refractivity contribution is 7.89. The molecule has 128 valence electrons. The second-order valence-corrected chi connectivity index (χ2v) is 7.81. The zero-order valence-electron chi connectivity index (χ0n) is 13.9. The van der Waals surface area contributed by atoms with E-state index in [1.807, 2.05) is 0 Å². The molecule has 0 spiro atoms. The van der Waals surface area contributed by atoms with Crippen molar-refractivity contribution in [3.8, 4) is 0 Å². The van der Waals surface area contributed by atoms with Crippen molar-refractivity contribution >= 4 is 21.6 Å². The van der Waals surface area contributed by atoms with Crippen molar-refractivity contribution in [2.75, 3.05) is 19.4 Å². The number of anilines is 1. The van der Waals surface area contributed by atoms with E-state index in [0.29, 0.717) is 5.69 Å². The summed E-state index contributed by atoms with van der Waals surface area (Å²) in [6.45, 7) is 3.57. The maximum absolute atomic E-state index is 13.0. The van der Waals surface area contributed by atoms with Crippen LogP contribution >= 0.6 is 0 Å². The first kappa shape index (κ1) is 18.1. The molecule has 0 fully saturated rings. The molecule has 0 aliphatic carbocycles. The number of hydrogen-bond acceptors (Lipinski definition) is 3. The molecule has 5 nitrogen and oxygen atoms in total. The zero-order chi connectivity index (χ0) is 18.1. The zero-order valence-corrected chi connectivity index (χ0v) is 14.7. The van der Waals surface area contributed by atoms with E-state index in [2.05, 4.69) is 5.32 Å². The Morgan fingerprint density at radius 2 is 1.67 bits per heavy atom.